The third-order valence-electron chi connectivity index (χ3n) is 5.31. The first-order chi connectivity index (χ1) is 6.52. The number of fused-ring (bicyclic) bond motifs is 4. The van der Waals surface area contributed by atoms with Crippen LogP contribution in [0.25, 0.3) is 0 Å². The average molecular weight is 194 g/mol. The molecule has 1 heterocycles. The van der Waals surface area contributed by atoms with Crippen LogP contribution < -0.4 is 0 Å². The second-order valence-corrected chi connectivity index (χ2v) is 6.60. The molecule has 1 nitrogen and oxygen atoms in total. The lowest BCUT2D eigenvalue weighted by molar-refractivity contribution is -0.0460. The Hall–Kier alpha value is -0.0400. The molecule has 3 aliphatic rings. The lowest BCUT2D eigenvalue weighted by Gasteiger charge is -2.44. The van der Waals surface area contributed by atoms with Crippen molar-refractivity contribution >= 4 is 0 Å². The minimum Gasteiger partial charge on any atom is -0.375 e. The molecule has 1 saturated heterocycles. The van der Waals surface area contributed by atoms with Gasteiger partial charge in [-0.2, -0.15) is 0 Å². The first-order valence-corrected chi connectivity index (χ1v) is 6.17. The van der Waals surface area contributed by atoms with Crippen molar-refractivity contribution in [3.05, 3.63) is 0 Å². The molecule has 1 aliphatic heterocycles. The lowest BCUT2D eigenvalue weighted by Crippen LogP contribution is -2.41. The van der Waals surface area contributed by atoms with E-state index in [2.05, 4.69) is 20.8 Å². The van der Waals surface area contributed by atoms with Gasteiger partial charge in [0, 0.05) is 0 Å². The minimum atomic E-state index is 0.507. The van der Waals surface area contributed by atoms with Gasteiger partial charge in [-0.3, -0.25) is 0 Å². The normalized spacial score (nSPS) is 61.5. The van der Waals surface area contributed by atoms with E-state index in [0.29, 0.717) is 23.0 Å². The maximum absolute atomic E-state index is 6.11. The largest absolute Gasteiger partial charge is 0.375 e. The van der Waals surface area contributed by atoms with E-state index >= 15 is 0 Å². The predicted octanol–water partition coefficient (Wildman–Crippen LogP) is 3.38. The van der Waals surface area contributed by atoms with Gasteiger partial charge in [0.15, 0.2) is 0 Å². The summed E-state index contributed by atoms with van der Waals surface area (Å²) in [7, 11) is 0. The molecule has 5 atom stereocenters. The summed E-state index contributed by atoms with van der Waals surface area (Å²) in [5.74, 6) is 0.955. The zero-order valence-corrected chi connectivity index (χ0v) is 9.68. The van der Waals surface area contributed by atoms with Crippen LogP contribution in [0.15, 0.2) is 0 Å². The fourth-order valence-electron chi connectivity index (χ4n) is 4.46. The van der Waals surface area contributed by atoms with Crippen molar-refractivity contribution < 1.29 is 4.74 Å². The summed E-state index contributed by atoms with van der Waals surface area (Å²) in [6, 6.07) is 0. The van der Waals surface area contributed by atoms with Crippen LogP contribution in [-0.2, 0) is 4.74 Å². The Morgan fingerprint density at radius 1 is 1.14 bits per heavy atom. The molecule has 0 amide bonds. The number of hydrogen-bond donors (Lipinski definition) is 0. The first kappa shape index (κ1) is 9.21. The van der Waals surface area contributed by atoms with Crippen molar-refractivity contribution in [2.24, 2.45) is 16.7 Å². The van der Waals surface area contributed by atoms with Crippen molar-refractivity contribution in [2.45, 2.75) is 65.1 Å². The van der Waals surface area contributed by atoms with Crippen LogP contribution in [0.5, 0.6) is 0 Å². The molecule has 0 aromatic carbocycles. The highest BCUT2D eigenvalue weighted by molar-refractivity contribution is 5.07. The predicted molar refractivity (Wildman–Crippen MR) is 57.1 cm³/mol. The molecule has 3 fully saturated rings. The van der Waals surface area contributed by atoms with Crippen molar-refractivity contribution in [2.75, 3.05) is 0 Å². The summed E-state index contributed by atoms with van der Waals surface area (Å²) in [4.78, 5) is 0. The van der Waals surface area contributed by atoms with E-state index in [1.807, 2.05) is 0 Å². The van der Waals surface area contributed by atoms with Gasteiger partial charge in [-0.1, -0.05) is 13.8 Å². The molecule has 2 aliphatic carbocycles. The van der Waals surface area contributed by atoms with Crippen molar-refractivity contribution in [1.29, 1.82) is 0 Å². The molecule has 0 spiro atoms. The third-order valence-corrected chi connectivity index (χ3v) is 5.31. The second-order valence-electron chi connectivity index (χ2n) is 6.60. The van der Waals surface area contributed by atoms with Crippen LogP contribution in [0.3, 0.4) is 0 Å². The van der Waals surface area contributed by atoms with Gasteiger partial charge in [-0.05, 0) is 55.8 Å². The van der Waals surface area contributed by atoms with Crippen LogP contribution in [0, 0.1) is 16.7 Å². The van der Waals surface area contributed by atoms with E-state index < -0.39 is 0 Å². The van der Waals surface area contributed by atoms with E-state index in [-0.39, 0.29) is 0 Å². The summed E-state index contributed by atoms with van der Waals surface area (Å²) in [6.07, 6.45) is 8.08. The number of hydrogen-bond acceptors (Lipinski definition) is 1. The van der Waals surface area contributed by atoms with Gasteiger partial charge in [0.05, 0.1) is 12.2 Å². The third kappa shape index (κ3) is 1.05. The standard InChI is InChI=1S/C13H22O/c1-9-6-13(3)10-4-5-12(2,7-10)8-11(13)14-9/h9-11H,4-8H2,1-3H3. The highest BCUT2D eigenvalue weighted by Gasteiger charge is 2.58. The van der Waals surface area contributed by atoms with Gasteiger partial charge in [-0.15, -0.1) is 0 Å². The molecule has 80 valence electrons. The molecule has 0 radical (unpaired) electrons. The monoisotopic (exact) mass is 194 g/mol. The molecule has 14 heavy (non-hydrogen) atoms. The molecule has 2 bridgehead atoms. The summed E-state index contributed by atoms with van der Waals surface area (Å²) >= 11 is 0. The topological polar surface area (TPSA) is 9.23 Å². The Bertz CT molecular complexity index is 262. The fourth-order valence-corrected chi connectivity index (χ4v) is 4.46. The summed E-state index contributed by atoms with van der Waals surface area (Å²) in [5, 5.41) is 0. The lowest BCUT2D eigenvalue weighted by atomic mass is 9.62. The summed E-state index contributed by atoms with van der Waals surface area (Å²) < 4.78 is 6.11. The quantitative estimate of drug-likeness (QED) is 0.574. The van der Waals surface area contributed by atoms with E-state index in [1.54, 1.807) is 0 Å². The van der Waals surface area contributed by atoms with Gasteiger partial charge < -0.3 is 4.74 Å². The van der Waals surface area contributed by atoms with Crippen LogP contribution >= 0.6 is 0 Å². The second kappa shape index (κ2) is 2.55. The van der Waals surface area contributed by atoms with Gasteiger partial charge in [0.25, 0.3) is 0 Å². The molecule has 2 saturated carbocycles. The van der Waals surface area contributed by atoms with E-state index in [4.69, 9.17) is 4.74 Å². The Morgan fingerprint density at radius 2 is 1.93 bits per heavy atom. The highest BCUT2D eigenvalue weighted by Crippen LogP contribution is 2.63. The van der Waals surface area contributed by atoms with E-state index in [1.165, 1.54) is 32.1 Å². The van der Waals surface area contributed by atoms with Crippen LogP contribution in [0.2, 0.25) is 0 Å². The zero-order valence-electron chi connectivity index (χ0n) is 9.68. The Kier molecular flexibility index (Phi) is 1.68. The maximum Gasteiger partial charge on any atom is 0.0641 e. The van der Waals surface area contributed by atoms with Gasteiger partial charge in [-0.25, -0.2) is 0 Å². The van der Waals surface area contributed by atoms with Gasteiger partial charge in [0.2, 0.25) is 0 Å². The van der Waals surface area contributed by atoms with Crippen molar-refractivity contribution in [3.8, 4) is 0 Å². The summed E-state index contributed by atoms with van der Waals surface area (Å²) in [6.45, 7) is 7.20. The number of ether oxygens (including phenoxy) is 1. The Labute approximate surface area is 87.2 Å². The van der Waals surface area contributed by atoms with E-state index in [9.17, 15) is 0 Å². The first-order valence-electron chi connectivity index (χ1n) is 6.17. The Balaban J connectivity index is 1.94. The van der Waals surface area contributed by atoms with E-state index in [0.717, 1.165) is 5.92 Å². The molecular formula is C13H22O. The molecular weight excluding hydrogens is 172 g/mol. The van der Waals surface area contributed by atoms with Crippen LogP contribution in [0.4, 0.5) is 0 Å². The Morgan fingerprint density at radius 3 is 2.71 bits per heavy atom. The molecule has 3 rings (SSSR count). The van der Waals surface area contributed by atoms with Crippen LogP contribution in [0.1, 0.15) is 52.9 Å². The van der Waals surface area contributed by atoms with Gasteiger partial charge in [0.1, 0.15) is 0 Å². The molecule has 0 N–H and O–H groups in total. The van der Waals surface area contributed by atoms with Gasteiger partial charge >= 0.3 is 0 Å². The highest BCUT2D eigenvalue weighted by atomic mass is 16.5. The smallest absolute Gasteiger partial charge is 0.0641 e. The average Bonchev–Trinajstić information content (AvgIpc) is 2.55. The minimum absolute atomic E-state index is 0.507. The summed E-state index contributed by atoms with van der Waals surface area (Å²) in [5.41, 5.74) is 1.15. The zero-order chi connectivity index (χ0) is 9.97. The SMILES string of the molecule is CC1CC2(C)C3CCC(C)(C3)CC2O1. The molecule has 0 aromatic rings. The maximum atomic E-state index is 6.11. The molecule has 5 unspecified atom stereocenters. The molecule has 1 heteroatoms. The van der Waals surface area contributed by atoms with Crippen molar-refractivity contribution in [1.82, 2.24) is 0 Å². The fraction of sp³-hybridized carbons (Fsp3) is 1.00. The number of rotatable bonds is 0. The molecule has 0 aromatic heterocycles. The van der Waals surface area contributed by atoms with Crippen molar-refractivity contribution in [3.63, 3.8) is 0 Å². The van der Waals surface area contributed by atoms with Crippen LogP contribution in [-0.4, -0.2) is 12.2 Å².